The summed E-state index contributed by atoms with van der Waals surface area (Å²) in [6.45, 7) is 6.69. The summed E-state index contributed by atoms with van der Waals surface area (Å²) in [4.78, 5) is 10.7. The average Bonchev–Trinajstić information content (AvgIpc) is 2.65. The van der Waals surface area contributed by atoms with Crippen molar-refractivity contribution in [3.05, 3.63) is 0 Å². The Labute approximate surface area is 177 Å². The van der Waals surface area contributed by atoms with Gasteiger partial charge in [-0.15, -0.1) is 0 Å². The molecule has 0 aliphatic heterocycles. The Hall–Kier alpha value is -0.530. The van der Waals surface area contributed by atoms with Crippen molar-refractivity contribution in [2.24, 2.45) is 11.8 Å². The number of hydrogen-bond acceptors (Lipinski definition) is 1. The smallest absolute Gasteiger partial charge is 0.303 e. The number of carbonyl (C=O) groups is 1. The molecule has 0 spiro atoms. The van der Waals surface area contributed by atoms with E-state index in [9.17, 15) is 4.79 Å². The number of carboxylic acid groups (broad SMARTS) is 1. The molecule has 168 valence electrons. The van der Waals surface area contributed by atoms with Crippen molar-refractivity contribution in [3.8, 4) is 0 Å². The molecule has 0 aromatic rings. The van der Waals surface area contributed by atoms with Crippen LogP contribution in [-0.2, 0) is 4.79 Å². The van der Waals surface area contributed by atoms with E-state index in [0.717, 1.165) is 12.3 Å². The van der Waals surface area contributed by atoms with Gasteiger partial charge < -0.3 is 5.11 Å². The Balaban J connectivity index is 3.20. The largest absolute Gasteiger partial charge is 0.481 e. The van der Waals surface area contributed by atoms with Gasteiger partial charge in [0, 0.05) is 6.42 Å². The van der Waals surface area contributed by atoms with E-state index in [2.05, 4.69) is 20.8 Å². The van der Waals surface area contributed by atoms with Crippen LogP contribution >= 0.6 is 0 Å². The van der Waals surface area contributed by atoms with Crippen molar-refractivity contribution >= 4 is 5.97 Å². The Morgan fingerprint density at radius 1 is 0.571 bits per heavy atom. The summed E-state index contributed by atoms with van der Waals surface area (Å²) < 4.78 is 0. The van der Waals surface area contributed by atoms with Crippen LogP contribution in [0, 0.1) is 11.8 Å². The second kappa shape index (κ2) is 21.2. The summed E-state index contributed by atoms with van der Waals surface area (Å²) >= 11 is 0. The molecule has 0 aromatic carbocycles. The fraction of sp³-hybridized carbons (Fsp3) is 0.962. The molecule has 0 bridgehead atoms. The first kappa shape index (κ1) is 27.5. The summed E-state index contributed by atoms with van der Waals surface area (Å²) in [7, 11) is 0. The minimum atomic E-state index is -0.655. The van der Waals surface area contributed by atoms with Crippen molar-refractivity contribution in [1.29, 1.82) is 0 Å². The molecule has 0 saturated heterocycles. The molecule has 0 radical (unpaired) electrons. The third-order valence-electron chi connectivity index (χ3n) is 6.23. The molecular formula is C26H52O2. The molecule has 0 fully saturated rings. The summed E-state index contributed by atoms with van der Waals surface area (Å²) in [6, 6.07) is 0. The summed E-state index contributed by atoms with van der Waals surface area (Å²) in [5.41, 5.74) is 0. The topological polar surface area (TPSA) is 37.3 Å². The van der Waals surface area contributed by atoms with E-state index in [4.69, 9.17) is 5.11 Å². The molecule has 0 heterocycles. The summed E-state index contributed by atoms with van der Waals surface area (Å²) in [5, 5.41) is 8.81. The number of aliphatic carboxylic acids is 1. The zero-order chi connectivity index (χ0) is 20.9. The van der Waals surface area contributed by atoms with Gasteiger partial charge in [-0.1, -0.05) is 136 Å². The van der Waals surface area contributed by atoms with Crippen LogP contribution in [0.1, 0.15) is 149 Å². The third kappa shape index (κ3) is 21.8. The Kier molecular flexibility index (Phi) is 20.8. The minimum Gasteiger partial charge on any atom is -0.481 e. The fourth-order valence-corrected chi connectivity index (χ4v) is 4.15. The molecule has 28 heavy (non-hydrogen) atoms. The number of unbranched alkanes of at least 4 members (excludes halogenated alkanes) is 15. The first-order valence-electron chi connectivity index (χ1n) is 12.8. The predicted molar refractivity (Wildman–Crippen MR) is 124 cm³/mol. The summed E-state index contributed by atoms with van der Waals surface area (Å²) in [5.74, 6) is 0.423. The highest BCUT2D eigenvalue weighted by atomic mass is 16.4. The van der Waals surface area contributed by atoms with Crippen molar-refractivity contribution in [2.75, 3.05) is 0 Å². The van der Waals surface area contributed by atoms with Crippen LogP contribution in [0.5, 0.6) is 0 Å². The van der Waals surface area contributed by atoms with E-state index in [1.165, 1.54) is 116 Å². The van der Waals surface area contributed by atoms with Crippen LogP contribution in [0.4, 0.5) is 0 Å². The van der Waals surface area contributed by atoms with Gasteiger partial charge in [0.15, 0.2) is 0 Å². The number of rotatable bonds is 22. The van der Waals surface area contributed by atoms with Gasteiger partial charge in [0.1, 0.15) is 0 Å². The number of carboxylic acids is 1. The van der Waals surface area contributed by atoms with Crippen molar-refractivity contribution in [3.63, 3.8) is 0 Å². The molecule has 2 heteroatoms. The van der Waals surface area contributed by atoms with Crippen LogP contribution in [0.2, 0.25) is 0 Å². The molecule has 2 atom stereocenters. The van der Waals surface area contributed by atoms with Crippen molar-refractivity contribution in [2.45, 2.75) is 149 Å². The molecule has 0 saturated carbocycles. The van der Waals surface area contributed by atoms with Crippen LogP contribution in [0.25, 0.3) is 0 Å². The standard InChI is InChI=1S/C26H52O2/c1-4-5-6-7-8-9-10-11-12-13-14-15-16-17-18-19-20-24(2)21-22-25(3)23-26(27)28/h24-25H,4-23H2,1-3H3,(H,27,28)/t24-,25-/m1/s1. The lowest BCUT2D eigenvalue weighted by Crippen LogP contribution is -2.06. The monoisotopic (exact) mass is 396 g/mol. The van der Waals surface area contributed by atoms with Crippen molar-refractivity contribution in [1.82, 2.24) is 0 Å². The maximum Gasteiger partial charge on any atom is 0.303 e. The molecule has 0 unspecified atom stereocenters. The van der Waals surface area contributed by atoms with Gasteiger partial charge in [-0.25, -0.2) is 0 Å². The van der Waals surface area contributed by atoms with Gasteiger partial charge in [-0.05, 0) is 18.3 Å². The highest BCUT2D eigenvalue weighted by molar-refractivity contribution is 5.66. The van der Waals surface area contributed by atoms with Gasteiger partial charge >= 0.3 is 5.97 Å². The Morgan fingerprint density at radius 2 is 0.929 bits per heavy atom. The molecular weight excluding hydrogens is 344 g/mol. The van der Waals surface area contributed by atoms with Gasteiger partial charge in [0.05, 0.1) is 0 Å². The first-order valence-corrected chi connectivity index (χ1v) is 12.8. The maximum atomic E-state index is 10.7. The predicted octanol–water partition coefficient (Wildman–Crippen LogP) is 9.17. The van der Waals surface area contributed by atoms with Crippen LogP contribution in [0.3, 0.4) is 0 Å². The third-order valence-corrected chi connectivity index (χ3v) is 6.23. The molecule has 0 rings (SSSR count). The van der Waals surface area contributed by atoms with Gasteiger partial charge in [0.25, 0.3) is 0 Å². The van der Waals surface area contributed by atoms with Crippen LogP contribution < -0.4 is 0 Å². The summed E-state index contributed by atoms with van der Waals surface area (Å²) in [6.07, 6.45) is 26.7. The fourth-order valence-electron chi connectivity index (χ4n) is 4.15. The second-order valence-corrected chi connectivity index (χ2v) is 9.48. The highest BCUT2D eigenvalue weighted by Crippen LogP contribution is 2.20. The van der Waals surface area contributed by atoms with E-state index in [1.807, 2.05) is 0 Å². The zero-order valence-electron chi connectivity index (χ0n) is 19.7. The van der Waals surface area contributed by atoms with Crippen LogP contribution in [0.15, 0.2) is 0 Å². The van der Waals surface area contributed by atoms with Crippen LogP contribution in [-0.4, -0.2) is 11.1 Å². The molecule has 0 aliphatic rings. The van der Waals surface area contributed by atoms with E-state index in [0.29, 0.717) is 12.3 Å². The van der Waals surface area contributed by atoms with E-state index in [-0.39, 0.29) is 0 Å². The highest BCUT2D eigenvalue weighted by Gasteiger charge is 2.10. The molecule has 0 aliphatic carbocycles. The molecule has 1 N–H and O–H groups in total. The average molecular weight is 397 g/mol. The lowest BCUT2D eigenvalue weighted by atomic mass is 9.92. The van der Waals surface area contributed by atoms with Gasteiger partial charge in [-0.2, -0.15) is 0 Å². The van der Waals surface area contributed by atoms with E-state index < -0.39 is 5.97 Å². The normalized spacial score (nSPS) is 13.5. The quantitative estimate of drug-likeness (QED) is 0.185. The lowest BCUT2D eigenvalue weighted by molar-refractivity contribution is -0.138. The van der Waals surface area contributed by atoms with E-state index >= 15 is 0 Å². The Morgan fingerprint density at radius 3 is 1.32 bits per heavy atom. The molecule has 2 nitrogen and oxygen atoms in total. The second-order valence-electron chi connectivity index (χ2n) is 9.48. The maximum absolute atomic E-state index is 10.7. The zero-order valence-corrected chi connectivity index (χ0v) is 19.7. The molecule has 0 aromatic heterocycles. The minimum absolute atomic E-state index is 0.325. The SMILES string of the molecule is CCCCCCCCCCCCCCCCCC[C@@H](C)CC[C@@H](C)CC(=O)O. The number of hydrogen-bond donors (Lipinski definition) is 1. The first-order chi connectivity index (χ1) is 13.6. The van der Waals surface area contributed by atoms with Crippen molar-refractivity contribution < 1.29 is 9.90 Å². The van der Waals surface area contributed by atoms with Gasteiger partial charge in [-0.3, -0.25) is 4.79 Å². The Bertz CT molecular complexity index is 326. The lowest BCUT2D eigenvalue weighted by Gasteiger charge is -2.14. The molecule has 0 amide bonds. The van der Waals surface area contributed by atoms with E-state index in [1.54, 1.807) is 0 Å². The van der Waals surface area contributed by atoms with Gasteiger partial charge in [0.2, 0.25) is 0 Å².